The number of esters is 1. The van der Waals surface area contributed by atoms with Gasteiger partial charge in [-0.15, -0.1) is 0 Å². The molecule has 0 aromatic heterocycles. The molecule has 0 spiro atoms. The molecule has 0 heterocycles. The van der Waals surface area contributed by atoms with E-state index in [2.05, 4.69) is 0 Å². The second kappa shape index (κ2) is 4.03. The Bertz CT molecular complexity index is 369. The number of rotatable bonds is 2. The van der Waals surface area contributed by atoms with Crippen molar-refractivity contribution in [3.05, 3.63) is 23.3 Å². The highest BCUT2D eigenvalue weighted by Gasteiger charge is 2.45. The molecule has 3 aliphatic rings. The van der Waals surface area contributed by atoms with Crippen molar-refractivity contribution in [3.8, 4) is 0 Å². The van der Waals surface area contributed by atoms with E-state index in [1.165, 1.54) is 0 Å². The van der Waals surface area contributed by atoms with Crippen LogP contribution in [0, 0.1) is 11.8 Å². The first-order valence-electron chi connectivity index (χ1n) is 5.50. The van der Waals surface area contributed by atoms with Crippen LogP contribution in [0.4, 0.5) is 0 Å². The first kappa shape index (κ1) is 11.4. The molecule has 0 saturated carbocycles. The van der Waals surface area contributed by atoms with Gasteiger partial charge >= 0.3 is 5.97 Å². The van der Waals surface area contributed by atoms with Gasteiger partial charge in [-0.3, -0.25) is 0 Å². The number of aliphatic hydroxyl groups excluding tert-OH is 2. The maximum absolute atomic E-state index is 11.7. The summed E-state index contributed by atoms with van der Waals surface area (Å²) in [4.78, 5) is 11.7. The minimum Gasteiger partial charge on any atom is -0.463 e. The van der Waals surface area contributed by atoms with Gasteiger partial charge in [-0.05, 0) is 13.8 Å². The second-order valence-electron chi connectivity index (χ2n) is 4.23. The number of hydrogen-bond donors (Lipinski definition) is 2. The van der Waals surface area contributed by atoms with E-state index in [0.29, 0.717) is 12.2 Å². The summed E-state index contributed by atoms with van der Waals surface area (Å²) in [6, 6.07) is 0. The topological polar surface area (TPSA) is 66.8 Å². The summed E-state index contributed by atoms with van der Waals surface area (Å²) < 4.78 is 4.96. The van der Waals surface area contributed by atoms with Crippen molar-refractivity contribution in [2.45, 2.75) is 26.1 Å². The lowest BCUT2D eigenvalue weighted by molar-refractivity contribution is -0.140. The van der Waals surface area contributed by atoms with Gasteiger partial charge in [0.2, 0.25) is 0 Å². The molecular formula is C12H16O4. The average molecular weight is 224 g/mol. The summed E-state index contributed by atoms with van der Waals surface area (Å²) in [7, 11) is 0. The first-order chi connectivity index (χ1) is 7.57. The Morgan fingerprint density at radius 1 is 1.31 bits per heavy atom. The van der Waals surface area contributed by atoms with E-state index in [4.69, 9.17) is 4.74 Å². The number of hydrogen-bond acceptors (Lipinski definition) is 4. The van der Waals surface area contributed by atoms with Crippen LogP contribution in [-0.4, -0.2) is 35.0 Å². The van der Waals surface area contributed by atoms with E-state index in [9.17, 15) is 15.0 Å². The molecule has 0 aliphatic heterocycles. The van der Waals surface area contributed by atoms with Gasteiger partial charge in [0.1, 0.15) is 0 Å². The molecule has 0 radical (unpaired) electrons. The van der Waals surface area contributed by atoms with Gasteiger partial charge < -0.3 is 14.9 Å². The molecule has 0 fully saturated rings. The lowest BCUT2D eigenvalue weighted by Gasteiger charge is -2.41. The van der Waals surface area contributed by atoms with Crippen LogP contribution in [0.15, 0.2) is 23.3 Å². The van der Waals surface area contributed by atoms with Gasteiger partial charge in [0, 0.05) is 17.4 Å². The number of aliphatic hydroxyl groups is 2. The maximum Gasteiger partial charge on any atom is 0.334 e. The third kappa shape index (κ3) is 1.49. The van der Waals surface area contributed by atoms with Gasteiger partial charge in [0.05, 0.1) is 18.8 Å². The molecule has 4 nitrogen and oxygen atoms in total. The SMILES string of the molecule is CCOC(=O)C1=C(C)C2C=CC1C(O)C2O. The summed E-state index contributed by atoms with van der Waals surface area (Å²) in [5.74, 6) is -1.08. The van der Waals surface area contributed by atoms with Crippen LogP contribution in [0.1, 0.15) is 13.8 Å². The van der Waals surface area contributed by atoms with Crippen molar-refractivity contribution in [2.24, 2.45) is 11.8 Å². The summed E-state index contributed by atoms with van der Waals surface area (Å²) in [5.41, 5.74) is 1.32. The Kier molecular flexibility index (Phi) is 2.86. The zero-order valence-corrected chi connectivity index (χ0v) is 9.38. The minimum absolute atomic E-state index is 0.264. The average Bonchev–Trinajstić information content (AvgIpc) is 2.25. The fraction of sp³-hybridized carbons (Fsp3) is 0.583. The van der Waals surface area contributed by atoms with Crippen molar-refractivity contribution in [3.63, 3.8) is 0 Å². The number of carbonyl (C=O) groups is 1. The van der Waals surface area contributed by atoms with Crippen LogP contribution >= 0.6 is 0 Å². The molecule has 0 amide bonds. The molecule has 16 heavy (non-hydrogen) atoms. The van der Waals surface area contributed by atoms with Gasteiger partial charge in [-0.25, -0.2) is 4.79 Å². The van der Waals surface area contributed by atoms with Gasteiger partial charge in [-0.1, -0.05) is 17.7 Å². The number of carbonyl (C=O) groups excluding carboxylic acids is 1. The Morgan fingerprint density at radius 3 is 2.50 bits per heavy atom. The second-order valence-corrected chi connectivity index (χ2v) is 4.23. The monoisotopic (exact) mass is 224 g/mol. The standard InChI is InChI=1S/C12H16O4/c1-3-16-12(15)9-6(2)7-4-5-8(9)11(14)10(7)13/h4-5,7-8,10-11,13-14H,3H2,1-2H3. The van der Waals surface area contributed by atoms with E-state index in [1.54, 1.807) is 13.0 Å². The van der Waals surface area contributed by atoms with Gasteiger partial charge in [0.15, 0.2) is 0 Å². The molecule has 3 rings (SSSR count). The molecule has 0 aromatic rings. The van der Waals surface area contributed by atoms with Crippen LogP contribution in [0.3, 0.4) is 0 Å². The van der Waals surface area contributed by atoms with Crippen molar-refractivity contribution in [1.82, 2.24) is 0 Å². The zero-order valence-electron chi connectivity index (χ0n) is 9.38. The van der Waals surface area contributed by atoms with Crippen molar-refractivity contribution >= 4 is 5.97 Å². The van der Waals surface area contributed by atoms with Crippen LogP contribution in [0.2, 0.25) is 0 Å². The largest absolute Gasteiger partial charge is 0.463 e. The fourth-order valence-corrected chi connectivity index (χ4v) is 2.51. The predicted molar refractivity (Wildman–Crippen MR) is 57.5 cm³/mol. The Morgan fingerprint density at radius 2 is 1.88 bits per heavy atom. The maximum atomic E-state index is 11.7. The number of ether oxygens (including phenoxy) is 1. The normalized spacial score (nSPS) is 36.8. The fourth-order valence-electron chi connectivity index (χ4n) is 2.51. The first-order valence-corrected chi connectivity index (χ1v) is 5.50. The van der Waals surface area contributed by atoms with Gasteiger partial charge in [0.25, 0.3) is 0 Å². The zero-order chi connectivity index (χ0) is 11.9. The lowest BCUT2D eigenvalue weighted by Crippen LogP contribution is -2.47. The van der Waals surface area contributed by atoms with Crippen LogP contribution < -0.4 is 0 Å². The highest BCUT2D eigenvalue weighted by atomic mass is 16.5. The van der Waals surface area contributed by atoms with Crippen molar-refractivity contribution in [2.75, 3.05) is 6.61 Å². The van der Waals surface area contributed by atoms with Gasteiger partial charge in [-0.2, -0.15) is 0 Å². The van der Waals surface area contributed by atoms with Crippen molar-refractivity contribution < 1.29 is 19.7 Å². The van der Waals surface area contributed by atoms with E-state index in [0.717, 1.165) is 5.57 Å². The van der Waals surface area contributed by atoms with Crippen LogP contribution in [0.25, 0.3) is 0 Å². The predicted octanol–water partition coefficient (Wildman–Crippen LogP) is 0.404. The molecule has 0 aromatic carbocycles. The van der Waals surface area contributed by atoms with E-state index in [-0.39, 0.29) is 11.9 Å². The Balaban J connectivity index is 2.36. The summed E-state index contributed by atoms with van der Waals surface area (Å²) >= 11 is 0. The smallest absolute Gasteiger partial charge is 0.334 e. The Labute approximate surface area is 94.2 Å². The molecule has 2 N–H and O–H groups in total. The molecule has 4 atom stereocenters. The lowest BCUT2D eigenvalue weighted by atomic mass is 9.68. The third-order valence-electron chi connectivity index (χ3n) is 3.37. The molecule has 2 bridgehead atoms. The van der Waals surface area contributed by atoms with E-state index >= 15 is 0 Å². The summed E-state index contributed by atoms with van der Waals surface area (Å²) in [5, 5.41) is 19.6. The highest BCUT2D eigenvalue weighted by molar-refractivity contribution is 5.91. The quantitative estimate of drug-likeness (QED) is 0.526. The molecule has 4 unspecified atom stereocenters. The minimum atomic E-state index is -0.905. The van der Waals surface area contributed by atoms with Crippen LogP contribution in [-0.2, 0) is 9.53 Å². The molecular weight excluding hydrogens is 208 g/mol. The Hall–Kier alpha value is -1.13. The van der Waals surface area contributed by atoms with Crippen molar-refractivity contribution in [1.29, 1.82) is 0 Å². The van der Waals surface area contributed by atoms with Crippen LogP contribution in [0.5, 0.6) is 0 Å². The van der Waals surface area contributed by atoms with E-state index < -0.39 is 18.1 Å². The molecule has 0 saturated heterocycles. The number of fused-ring (bicyclic) bond motifs is 1. The summed E-state index contributed by atoms with van der Waals surface area (Å²) in [6.45, 7) is 3.87. The van der Waals surface area contributed by atoms with E-state index in [1.807, 2.05) is 13.0 Å². The molecule has 4 heteroatoms. The third-order valence-corrected chi connectivity index (χ3v) is 3.37. The summed E-state index contributed by atoms with van der Waals surface area (Å²) in [6.07, 6.45) is 1.91. The highest BCUT2D eigenvalue weighted by Crippen LogP contribution is 2.41. The molecule has 3 aliphatic carbocycles. The molecule has 88 valence electrons.